The van der Waals surface area contributed by atoms with Crippen LogP contribution in [0.4, 0.5) is 5.82 Å². The zero-order valence-corrected chi connectivity index (χ0v) is 12.4. The lowest BCUT2D eigenvalue weighted by atomic mass is 10.1. The van der Waals surface area contributed by atoms with Crippen molar-refractivity contribution in [3.05, 3.63) is 53.5 Å². The summed E-state index contributed by atoms with van der Waals surface area (Å²) in [6.45, 7) is 2.56. The van der Waals surface area contributed by atoms with Crippen LogP contribution in [0.3, 0.4) is 0 Å². The number of aromatic nitrogens is 2. The summed E-state index contributed by atoms with van der Waals surface area (Å²) in [7, 11) is 1.80. The van der Waals surface area contributed by atoms with Gasteiger partial charge in [0, 0.05) is 37.2 Å². The second-order valence-corrected chi connectivity index (χ2v) is 4.78. The van der Waals surface area contributed by atoms with Crippen molar-refractivity contribution in [2.24, 2.45) is 0 Å². The predicted molar refractivity (Wildman–Crippen MR) is 83.2 cm³/mol. The summed E-state index contributed by atoms with van der Waals surface area (Å²) in [6.07, 6.45) is 5.31. The third-order valence-corrected chi connectivity index (χ3v) is 3.08. The molecule has 0 aromatic carbocycles. The number of pyridine rings is 2. The number of nitrogens with one attached hydrogen (secondary N) is 2. The van der Waals surface area contributed by atoms with Gasteiger partial charge in [-0.1, -0.05) is 19.4 Å². The molecule has 110 valence electrons. The van der Waals surface area contributed by atoms with Crippen molar-refractivity contribution in [3.63, 3.8) is 0 Å². The lowest BCUT2D eigenvalue weighted by Crippen LogP contribution is -2.23. The fraction of sp³-hybridized carbons (Fsp3) is 0.312. The van der Waals surface area contributed by atoms with E-state index in [0.717, 1.165) is 24.1 Å². The molecule has 0 spiro atoms. The van der Waals surface area contributed by atoms with E-state index in [9.17, 15) is 4.79 Å². The molecule has 2 aromatic heterocycles. The second-order valence-electron chi connectivity index (χ2n) is 4.78. The largest absolute Gasteiger partial charge is 0.373 e. The lowest BCUT2D eigenvalue weighted by molar-refractivity contribution is 0.0950. The molecule has 2 aromatic rings. The molecule has 2 N–H and O–H groups in total. The first-order valence-electron chi connectivity index (χ1n) is 7.08. The van der Waals surface area contributed by atoms with Crippen LogP contribution < -0.4 is 10.6 Å². The number of hydrogen-bond donors (Lipinski definition) is 2. The van der Waals surface area contributed by atoms with E-state index in [1.54, 1.807) is 25.5 Å². The van der Waals surface area contributed by atoms with Crippen LogP contribution >= 0.6 is 0 Å². The van der Waals surface area contributed by atoms with Gasteiger partial charge in [0.1, 0.15) is 5.82 Å². The minimum absolute atomic E-state index is 0.102. The minimum atomic E-state index is -0.102. The molecule has 2 rings (SSSR count). The van der Waals surface area contributed by atoms with Gasteiger partial charge >= 0.3 is 0 Å². The Morgan fingerprint density at radius 3 is 2.86 bits per heavy atom. The van der Waals surface area contributed by atoms with Crippen molar-refractivity contribution in [2.75, 3.05) is 12.4 Å². The van der Waals surface area contributed by atoms with E-state index in [1.165, 1.54) is 0 Å². The van der Waals surface area contributed by atoms with Gasteiger partial charge in [-0.2, -0.15) is 0 Å². The number of rotatable bonds is 6. The van der Waals surface area contributed by atoms with Crippen molar-refractivity contribution in [1.82, 2.24) is 15.3 Å². The van der Waals surface area contributed by atoms with Gasteiger partial charge in [-0.3, -0.25) is 9.78 Å². The number of aryl methyl sites for hydroxylation is 1. The van der Waals surface area contributed by atoms with Gasteiger partial charge in [0.25, 0.3) is 5.91 Å². The van der Waals surface area contributed by atoms with Gasteiger partial charge in [0.05, 0.1) is 0 Å². The maximum Gasteiger partial charge on any atom is 0.251 e. The number of carbonyl (C=O) groups is 1. The average Bonchev–Trinajstić information content (AvgIpc) is 2.53. The van der Waals surface area contributed by atoms with E-state index in [4.69, 9.17) is 0 Å². The summed E-state index contributed by atoms with van der Waals surface area (Å²) >= 11 is 0. The number of carbonyl (C=O) groups excluding carboxylic acids is 1. The smallest absolute Gasteiger partial charge is 0.251 e. The topological polar surface area (TPSA) is 66.9 Å². The van der Waals surface area contributed by atoms with Crippen LogP contribution in [0.5, 0.6) is 0 Å². The van der Waals surface area contributed by atoms with Crippen LogP contribution in [-0.4, -0.2) is 22.9 Å². The van der Waals surface area contributed by atoms with Crippen molar-refractivity contribution in [2.45, 2.75) is 26.3 Å². The van der Waals surface area contributed by atoms with E-state index in [1.807, 2.05) is 18.2 Å². The minimum Gasteiger partial charge on any atom is -0.373 e. The SMILES string of the molecule is CCCc1cc(C(=O)NCc2cccnc2)cc(NC)n1. The Kier molecular flexibility index (Phi) is 5.26. The third kappa shape index (κ3) is 4.27. The lowest BCUT2D eigenvalue weighted by Gasteiger charge is -2.09. The summed E-state index contributed by atoms with van der Waals surface area (Å²) in [5, 5.41) is 5.90. The molecule has 0 radical (unpaired) electrons. The average molecular weight is 284 g/mol. The number of amides is 1. The van der Waals surface area contributed by atoms with Crippen LogP contribution in [0.25, 0.3) is 0 Å². The van der Waals surface area contributed by atoms with Crippen LogP contribution in [0.1, 0.15) is 35.0 Å². The Labute approximate surface area is 124 Å². The van der Waals surface area contributed by atoms with Crippen molar-refractivity contribution in [1.29, 1.82) is 0 Å². The molecular weight excluding hydrogens is 264 g/mol. The van der Waals surface area contributed by atoms with E-state index in [2.05, 4.69) is 27.5 Å². The Hall–Kier alpha value is -2.43. The third-order valence-electron chi connectivity index (χ3n) is 3.08. The zero-order valence-electron chi connectivity index (χ0n) is 12.4. The summed E-state index contributed by atoms with van der Waals surface area (Å²) < 4.78 is 0. The molecule has 0 bridgehead atoms. The van der Waals surface area contributed by atoms with Crippen molar-refractivity contribution in [3.8, 4) is 0 Å². The van der Waals surface area contributed by atoms with Crippen molar-refractivity contribution >= 4 is 11.7 Å². The predicted octanol–water partition coefficient (Wildman–Crippen LogP) is 2.40. The molecule has 0 saturated carbocycles. The Bertz CT molecular complexity index is 598. The zero-order chi connectivity index (χ0) is 15.1. The Morgan fingerprint density at radius 1 is 1.33 bits per heavy atom. The summed E-state index contributed by atoms with van der Waals surface area (Å²) in [6, 6.07) is 7.40. The van der Waals surface area contributed by atoms with Gasteiger partial charge < -0.3 is 10.6 Å². The van der Waals surface area contributed by atoms with Crippen LogP contribution in [0, 0.1) is 0 Å². The first kappa shape index (κ1) is 15.0. The second kappa shape index (κ2) is 7.38. The fourth-order valence-electron chi connectivity index (χ4n) is 2.02. The highest BCUT2D eigenvalue weighted by atomic mass is 16.1. The molecule has 0 aliphatic carbocycles. The molecule has 21 heavy (non-hydrogen) atoms. The highest BCUT2D eigenvalue weighted by molar-refractivity contribution is 5.94. The van der Waals surface area contributed by atoms with Crippen LogP contribution in [0.15, 0.2) is 36.7 Å². The van der Waals surface area contributed by atoms with Crippen LogP contribution in [0.2, 0.25) is 0 Å². The molecule has 5 heteroatoms. The number of hydrogen-bond acceptors (Lipinski definition) is 4. The monoisotopic (exact) mass is 284 g/mol. The van der Waals surface area contributed by atoms with E-state index in [0.29, 0.717) is 17.9 Å². The fourth-order valence-corrected chi connectivity index (χ4v) is 2.02. The van der Waals surface area contributed by atoms with Gasteiger partial charge in [0.15, 0.2) is 0 Å². The highest BCUT2D eigenvalue weighted by Gasteiger charge is 2.09. The molecule has 0 saturated heterocycles. The van der Waals surface area contributed by atoms with E-state index in [-0.39, 0.29) is 5.91 Å². The molecule has 2 heterocycles. The first-order valence-corrected chi connectivity index (χ1v) is 7.08. The highest BCUT2D eigenvalue weighted by Crippen LogP contribution is 2.12. The first-order chi connectivity index (χ1) is 10.2. The van der Waals surface area contributed by atoms with Gasteiger partial charge in [-0.15, -0.1) is 0 Å². The number of nitrogens with zero attached hydrogens (tertiary/aromatic N) is 2. The number of anilines is 1. The normalized spacial score (nSPS) is 10.2. The Balaban J connectivity index is 2.09. The standard InChI is InChI=1S/C16H20N4O/c1-3-5-14-8-13(9-15(17-2)20-14)16(21)19-11-12-6-4-7-18-10-12/h4,6-10H,3,5,11H2,1-2H3,(H,17,20)(H,19,21). The molecule has 0 unspecified atom stereocenters. The molecular formula is C16H20N4O. The van der Waals surface area contributed by atoms with Gasteiger partial charge in [-0.05, 0) is 30.2 Å². The van der Waals surface area contributed by atoms with Gasteiger partial charge in [-0.25, -0.2) is 4.98 Å². The van der Waals surface area contributed by atoms with Gasteiger partial charge in [0.2, 0.25) is 0 Å². The Morgan fingerprint density at radius 2 is 2.19 bits per heavy atom. The summed E-state index contributed by atoms with van der Waals surface area (Å²) in [4.78, 5) is 20.7. The van der Waals surface area contributed by atoms with E-state index < -0.39 is 0 Å². The molecule has 0 fully saturated rings. The molecule has 0 aliphatic rings. The maximum atomic E-state index is 12.3. The van der Waals surface area contributed by atoms with Crippen LogP contribution in [-0.2, 0) is 13.0 Å². The summed E-state index contributed by atoms with van der Waals surface area (Å²) in [5.74, 6) is 0.614. The quantitative estimate of drug-likeness (QED) is 0.855. The summed E-state index contributed by atoms with van der Waals surface area (Å²) in [5.41, 5.74) is 2.53. The molecule has 1 amide bonds. The maximum absolute atomic E-state index is 12.3. The van der Waals surface area contributed by atoms with Crippen molar-refractivity contribution < 1.29 is 4.79 Å². The van der Waals surface area contributed by atoms with E-state index >= 15 is 0 Å². The molecule has 0 aliphatic heterocycles. The molecule has 0 atom stereocenters. The molecule has 5 nitrogen and oxygen atoms in total.